The Hall–Kier alpha value is -1.96. The number of hydrogen-bond donors (Lipinski definition) is 7. The number of terminal acetylenes is 1. The number of H-pyrrole nitrogens is 1. The average molecular weight is 550 g/mol. The highest BCUT2D eigenvalue weighted by molar-refractivity contribution is 7.66. The van der Waals surface area contributed by atoms with Gasteiger partial charge >= 0.3 is 23.5 Å². The largest absolute Gasteiger partial charge is 0.490 e. The number of nitrogens with one attached hydrogen (secondary N) is 1. The Kier molecular flexibility index (Phi) is 6.23. The van der Waals surface area contributed by atoms with Crippen molar-refractivity contribution in [3.8, 4) is 12.3 Å². The molecule has 0 bridgehead atoms. The number of halogens is 1. The van der Waals surface area contributed by atoms with Gasteiger partial charge in [-0.15, -0.1) is 6.42 Å². The zero-order valence-electron chi connectivity index (χ0n) is 18.2. The van der Waals surface area contributed by atoms with Crippen molar-refractivity contribution in [2.75, 3.05) is 12.3 Å². The van der Waals surface area contributed by atoms with Gasteiger partial charge in [0.15, 0.2) is 11.9 Å². The lowest BCUT2D eigenvalue weighted by atomic mass is 9.97. The lowest BCUT2D eigenvalue weighted by Gasteiger charge is -2.24. The molecule has 8 N–H and O–H groups in total. The molecule has 3 heterocycles. The second kappa shape index (κ2) is 8.92. The Morgan fingerprint density at radius 2 is 2.00 bits per heavy atom. The first-order chi connectivity index (χ1) is 16.2. The van der Waals surface area contributed by atoms with E-state index in [-0.39, 0.29) is 11.0 Å². The van der Waals surface area contributed by atoms with Crippen LogP contribution in [-0.4, -0.2) is 63.7 Å². The third kappa shape index (κ3) is 5.47. The van der Waals surface area contributed by atoms with Gasteiger partial charge in [-0.3, -0.25) is 14.3 Å². The molecule has 6 atom stereocenters. The predicted molar refractivity (Wildman–Crippen MR) is 107 cm³/mol. The highest BCUT2D eigenvalue weighted by atomic mass is 31.3. The quantitative estimate of drug-likeness (QED) is 0.157. The SMILES string of the molecule is [2H]C([2H])(OP(=O)(O)OP(=O)(O)OP(=O)(O)O)[C@H]1O[C@@H](n2ccc3c(=O)[nH]c(N)nc32)C(F)(C#C)[C@H]1O. The fourth-order valence-electron chi connectivity index (χ4n) is 2.86. The van der Waals surface area contributed by atoms with E-state index in [4.69, 9.17) is 29.4 Å². The van der Waals surface area contributed by atoms with E-state index in [1.165, 1.54) is 0 Å². The van der Waals surface area contributed by atoms with Crippen LogP contribution in [0.5, 0.6) is 0 Å². The summed E-state index contributed by atoms with van der Waals surface area (Å²) in [4.78, 5) is 53.9. The third-order valence-electron chi connectivity index (χ3n) is 4.13. The van der Waals surface area contributed by atoms with Crippen molar-refractivity contribution in [1.82, 2.24) is 14.5 Å². The number of nitrogens with zero attached hydrogens (tertiary/aromatic N) is 2. The lowest BCUT2D eigenvalue weighted by molar-refractivity contribution is -0.0493. The van der Waals surface area contributed by atoms with E-state index in [0.717, 1.165) is 16.8 Å². The maximum Gasteiger partial charge on any atom is 0.490 e. The van der Waals surface area contributed by atoms with Gasteiger partial charge in [0.1, 0.15) is 12.2 Å². The van der Waals surface area contributed by atoms with E-state index in [9.17, 15) is 33.4 Å². The van der Waals surface area contributed by atoms with Crippen LogP contribution in [0, 0.1) is 12.3 Å². The molecule has 0 radical (unpaired) electrons. The van der Waals surface area contributed by atoms with Crippen LogP contribution in [0.1, 0.15) is 8.97 Å². The molecule has 0 spiro atoms. The van der Waals surface area contributed by atoms with Crippen LogP contribution in [-0.2, 0) is 31.6 Å². The molecule has 1 fully saturated rings. The van der Waals surface area contributed by atoms with Gasteiger partial charge in [0, 0.05) is 6.20 Å². The Labute approximate surface area is 190 Å². The minimum atomic E-state index is -6.09. The van der Waals surface area contributed by atoms with Crippen molar-refractivity contribution in [3.63, 3.8) is 0 Å². The summed E-state index contributed by atoms with van der Waals surface area (Å²) in [7, 11) is -17.8. The molecule has 188 valence electrons. The number of anilines is 1. The van der Waals surface area contributed by atoms with Crippen LogP contribution < -0.4 is 11.3 Å². The van der Waals surface area contributed by atoms with Gasteiger partial charge in [-0.2, -0.15) is 13.6 Å². The summed E-state index contributed by atoms with van der Waals surface area (Å²) in [5.41, 5.74) is 1.13. The van der Waals surface area contributed by atoms with Crippen LogP contribution >= 0.6 is 23.5 Å². The molecular weight excluding hydrogens is 532 g/mol. The highest BCUT2D eigenvalue weighted by Crippen LogP contribution is 2.66. The second-order valence-corrected chi connectivity index (χ2v) is 10.8. The highest BCUT2D eigenvalue weighted by Gasteiger charge is 2.58. The molecule has 34 heavy (non-hydrogen) atoms. The van der Waals surface area contributed by atoms with Crippen molar-refractivity contribution in [1.29, 1.82) is 0 Å². The van der Waals surface area contributed by atoms with Crippen LogP contribution in [0.2, 0.25) is 0 Å². The number of phosphoric acid groups is 3. The summed E-state index contributed by atoms with van der Waals surface area (Å²) < 4.78 is 82.6. The van der Waals surface area contributed by atoms with E-state index in [0.29, 0.717) is 0 Å². The molecule has 1 aliphatic rings. The van der Waals surface area contributed by atoms with Gasteiger partial charge in [-0.1, -0.05) is 5.92 Å². The maximum atomic E-state index is 15.7. The summed E-state index contributed by atoms with van der Waals surface area (Å²) in [5.74, 6) is 1.16. The summed E-state index contributed by atoms with van der Waals surface area (Å²) >= 11 is 0. The topological polar surface area (TPSA) is 266 Å². The monoisotopic (exact) mass is 550 g/mol. The number of phosphoric ester groups is 1. The molecule has 2 aromatic rings. The number of alkyl halides is 1. The van der Waals surface area contributed by atoms with E-state index < -0.39 is 65.6 Å². The van der Waals surface area contributed by atoms with Gasteiger partial charge in [-0.25, -0.2) is 18.1 Å². The number of nitrogens with two attached hydrogens (primary N) is 1. The van der Waals surface area contributed by atoms with Crippen LogP contribution in [0.4, 0.5) is 10.3 Å². The van der Waals surface area contributed by atoms with Crippen molar-refractivity contribution < 1.29 is 63.4 Å². The van der Waals surface area contributed by atoms with Crippen molar-refractivity contribution in [2.24, 2.45) is 0 Å². The van der Waals surface area contributed by atoms with Crippen LogP contribution in [0.3, 0.4) is 0 Å². The van der Waals surface area contributed by atoms with Gasteiger partial charge in [-0.05, 0) is 6.07 Å². The lowest BCUT2D eigenvalue weighted by Crippen LogP contribution is -2.42. The molecule has 0 aromatic carbocycles. The van der Waals surface area contributed by atoms with Gasteiger partial charge in [0.05, 0.1) is 14.7 Å². The molecule has 3 unspecified atom stereocenters. The number of nitrogen functional groups attached to an aromatic ring is 1. The number of aliphatic hydroxyl groups is 1. The molecule has 2 aromatic heterocycles. The van der Waals surface area contributed by atoms with E-state index in [1.807, 2.05) is 0 Å². The zero-order valence-corrected chi connectivity index (χ0v) is 18.8. The molecule has 0 amide bonds. The predicted octanol–water partition coefficient (Wildman–Crippen LogP) is -0.750. The molecule has 3 rings (SSSR count). The molecular formula is C13H16FN4O13P3. The van der Waals surface area contributed by atoms with E-state index in [2.05, 4.69) is 23.1 Å². The minimum absolute atomic E-state index is 0.138. The summed E-state index contributed by atoms with van der Waals surface area (Å²) in [6.45, 7) is -3.73. The second-order valence-electron chi connectivity index (χ2n) is 6.48. The Morgan fingerprint density at radius 1 is 1.35 bits per heavy atom. The van der Waals surface area contributed by atoms with Crippen LogP contribution in [0.25, 0.3) is 11.0 Å². The number of rotatable bonds is 8. The number of hydrogen-bond acceptors (Lipinski definition) is 11. The van der Waals surface area contributed by atoms with Crippen molar-refractivity contribution in [2.45, 2.75) is 24.1 Å². The van der Waals surface area contributed by atoms with Crippen molar-refractivity contribution >= 4 is 40.4 Å². The molecule has 1 aliphatic heterocycles. The first-order valence-electron chi connectivity index (χ1n) is 9.42. The number of fused-ring (bicyclic) bond motifs is 1. The number of aromatic amines is 1. The average Bonchev–Trinajstić information content (AvgIpc) is 3.17. The maximum absolute atomic E-state index is 15.7. The summed E-state index contributed by atoms with van der Waals surface area (Å²) in [6.07, 6.45) is -1.10. The normalized spacial score (nSPS) is 30.2. The van der Waals surface area contributed by atoms with Crippen molar-refractivity contribution in [3.05, 3.63) is 22.6 Å². The number of aromatic nitrogens is 3. The van der Waals surface area contributed by atoms with Crippen LogP contribution in [0.15, 0.2) is 17.1 Å². The number of aliphatic hydroxyl groups excluding tert-OH is 1. The van der Waals surface area contributed by atoms with E-state index >= 15 is 4.39 Å². The molecule has 0 saturated carbocycles. The van der Waals surface area contributed by atoms with Gasteiger partial charge in [0.2, 0.25) is 11.6 Å². The Morgan fingerprint density at radius 3 is 2.59 bits per heavy atom. The zero-order chi connectivity index (χ0) is 27.5. The summed E-state index contributed by atoms with van der Waals surface area (Å²) in [5, 5.41) is 10.3. The first kappa shape index (κ1) is 23.8. The smallest absolute Gasteiger partial charge is 0.386 e. The summed E-state index contributed by atoms with van der Waals surface area (Å²) in [6, 6.07) is 1.14. The third-order valence-corrected chi connectivity index (χ3v) is 7.79. The molecule has 0 aliphatic carbocycles. The first-order valence-corrected chi connectivity index (χ1v) is 12.9. The van der Waals surface area contributed by atoms with Gasteiger partial charge < -0.3 is 39.7 Å². The molecule has 17 nitrogen and oxygen atoms in total. The van der Waals surface area contributed by atoms with E-state index in [1.54, 1.807) is 5.92 Å². The molecule has 1 saturated heterocycles. The number of ether oxygens (including phenoxy) is 1. The Balaban J connectivity index is 1.95. The fraction of sp³-hybridized carbons (Fsp3) is 0.385. The fourth-order valence-corrected chi connectivity index (χ4v) is 5.74. The minimum Gasteiger partial charge on any atom is -0.386 e. The molecule has 21 heteroatoms. The standard InChI is InChI=1S/C13H16FN4O13P3/c1-2-13(14)8(19)7(5-28-33(24,25)31-34(26,27)30-32(21,22)23)29-11(13)18-4-3-6-9(18)16-12(15)17-10(6)20/h1,3-4,7-8,11,19H,5H2,(H,24,25)(H,26,27)(H2,21,22,23)(H3,15,16,17,20)/t7-,8+,11-,13?/m1/s1/i5D2. The Bertz CT molecular complexity index is 1440. The van der Waals surface area contributed by atoms with Gasteiger partial charge in [0.25, 0.3) is 5.56 Å².